The number of rotatable bonds is 6. The minimum atomic E-state index is -0.444. The number of nitrogens with zero attached hydrogens (tertiary/aromatic N) is 1. The van der Waals surface area contributed by atoms with Crippen molar-refractivity contribution in [2.24, 2.45) is 5.73 Å². The van der Waals surface area contributed by atoms with E-state index in [9.17, 15) is 4.79 Å². The molecule has 0 radical (unpaired) electrons. The Morgan fingerprint density at radius 1 is 0.844 bits per heavy atom. The second-order valence-corrected chi connectivity index (χ2v) is 8.17. The van der Waals surface area contributed by atoms with Gasteiger partial charge in [-0.05, 0) is 47.5 Å². The Hall–Kier alpha value is -3.76. The van der Waals surface area contributed by atoms with Crippen molar-refractivity contribution in [3.05, 3.63) is 113 Å². The van der Waals surface area contributed by atoms with Gasteiger partial charge >= 0.3 is 0 Å². The fraction of sp³-hybridized carbons (Fsp3) is 0.0741. The van der Waals surface area contributed by atoms with Gasteiger partial charge in [0.05, 0.1) is 11.0 Å². The van der Waals surface area contributed by atoms with E-state index in [0.717, 1.165) is 38.7 Å². The molecule has 0 unspecified atom stereocenters. The zero-order valence-corrected chi connectivity index (χ0v) is 18.0. The molecule has 158 valence electrons. The Bertz CT molecular complexity index is 1440. The maximum absolute atomic E-state index is 12.1. The zero-order chi connectivity index (χ0) is 22.1. The van der Waals surface area contributed by atoms with Gasteiger partial charge in [-0.2, -0.15) is 0 Å². The van der Waals surface area contributed by atoms with Gasteiger partial charge in [-0.25, -0.2) is 0 Å². The van der Waals surface area contributed by atoms with Crippen LogP contribution in [0.2, 0.25) is 5.02 Å². The van der Waals surface area contributed by atoms with E-state index in [2.05, 4.69) is 10.6 Å². The van der Waals surface area contributed by atoms with Crippen molar-refractivity contribution in [3.63, 3.8) is 0 Å². The van der Waals surface area contributed by atoms with Gasteiger partial charge in [-0.1, -0.05) is 66.2 Å². The van der Waals surface area contributed by atoms with Gasteiger partial charge < -0.3 is 15.0 Å². The zero-order valence-electron chi connectivity index (χ0n) is 17.3. The summed E-state index contributed by atoms with van der Waals surface area (Å²) in [5.41, 5.74) is 10.3. The number of amides is 1. The van der Waals surface area contributed by atoms with Gasteiger partial charge in [-0.15, -0.1) is 0 Å². The lowest BCUT2D eigenvalue weighted by Crippen LogP contribution is -2.11. The molecule has 0 aliphatic rings. The molecular formula is C27H21ClN2O2. The van der Waals surface area contributed by atoms with Crippen LogP contribution in [-0.4, -0.2) is 10.5 Å². The van der Waals surface area contributed by atoms with Crippen LogP contribution in [0.1, 0.15) is 21.5 Å². The maximum Gasteiger partial charge on any atom is 0.249 e. The molecule has 2 N–H and O–H groups in total. The molecule has 5 rings (SSSR count). The number of halogens is 1. The summed E-state index contributed by atoms with van der Waals surface area (Å²) in [4.78, 5) is 12.1. The number of aromatic nitrogens is 1. The van der Waals surface area contributed by atoms with Crippen LogP contribution < -0.4 is 10.5 Å². The second kappa shape index (κ2) is 8.40. The SMILES string of the molecule is NC(=O)c1cccc2c1c1ccc(Cl)cc1n2Cc1cccc(OCc2ccccc2)c1. The van der Waals surface area contributed by atoms with Gasteiger partial charge in [0.2, 0.25) is 5.91 Å². The number of hydrogen-bond acceptors (Lipinski definition) is 2. The highest BCUT2D eigenvalue weighted by molar-refractivity contribution is 6.32. The molecule has 0 fully saturated rings. The van der Waals surface area contributed by atoms with E-state index in [1.807, 2.05) is 78.9 Å². The van der Waals surface area contributed by atoms with Crippen LogP contribution in [0.15, 0.2) is 91.0 Å². The standard InChI is InChI=1S/C27H21ClN2O2/c28-20-12-13-22-25(15-20)30(24-11-5-10-23(26(22)24)27(29)31)16-19-8-4-9-21(14-19)32-17-18-6-2-1-3-7-18/h1-15H,16-17H2,(H2,29,31). The Morgan fingerprint density at radius 2 is 1.62 bits per heavy atom. The molecule has 4 nitrogen and oxygen atoms in total. The highest BCUT2D eigenvalue weighted by Gasteiger charge is 2.17. The van der Waals surface area contributed by atoms with E-state index in [1.54, 1.807) is 6.07 Å². The first-order valence-electron chi connectivity index (χ1n) is 10.4. The van der Waals surface area contributed by atoms with Gasteiger partial charge in [0.25, 0.3) is 0 Å². The molecule has 0 saturated heterocycles. The summed E-state index contributed by atoms with van der Waals surface area (Å²) in [7, 11) is 0. The van der Waals surface area contributed by atoms with Crippen molar-refractivity contribution in [3.8, 4) is 5.75 Å². The molecule has 0 bridgehead atoms. The summed E-state index contributed by atoms with van der Waals surface area (Å²) < 4.78 is 8.17. The summed E-state index contributed by atoms with van der Waals surface area (Å²) in [6.07, 6.45) is 0. The highest BCUT2D eigenvalue weighted by atomic mass is 35.5. The largest absolute Gasteiger partial charge is 0.489 e. The van der Waals surface area contributed by atoms with Crippen molar-refractivity contribution in [2.75, 3.05) is 0 Å². The fourth-order valence-electron chi connectivity index (χ4n) is 4.15. The summed E-state index contributed by atoms with van der Waals surface area (Å²) in [5, 5.41) is 2.44. The lowest BCUT2D eigenvalue weighted by molar-refractivity contribution is 0.100. The van der Waals surface area contributed by atoms with Crippen LogP contribution in [0.4, 0.5) is 0 Å². The number of fused-ring (bicyclic) bond motifs is 3. The Morgan fingerprint density at radius 3 is 2.44 bits per heavy atom. The quantitative estimate of drug-likeness (QED) is 0.343. The topological polar surface area (TPSA) is 57.2 Å². The average Bonchev–Trinajstić information content (AvgIpc) is 3.11. The van der Waals surface area contributed by atoms with Crippen LogP contribution in [0.25, 0.3) is 21.8 Å². The van der Waals surface area contributed by atoms with E-state index < -0.39 is 5.91 Å². The fourth-order valence-corrected chi connectivity index (χ4v) is 4.32. The highest BCUT2D eigenvalue weighted by Crippen LogP contribution is 2.34. The number of carbonyl (C=O) groups is 1. The maximum atomic E-state index is 12.1. The lowest BCUT2D eigenvalue weighted by Gasteiger charge is -2.11. The van der Waals surface area contributed by atoms with Crippen molar-refractivity contribution in [2.45, 2.75) is 13.2 Å². The molecule has 1 heterocycles. The predicted molar refractivity (Wildman–Crippen MR) is 129 cm³/mol. The van der Waals surface area contributed by atoms with Gasteiger partial charge in [0.1, 0.15) is 12.4 Å². The van der Waals surface area contributed by atoms with E-state index >= 15 is 0 Å². The number of carbonyl (C=O) groups excluding carboxylic acids is 1. The van der Waals surface area contributed by atoms with Crippen LogP contribution in [0, 0.1) is 0 Å². The number of hydrogen-bond donors (Lipinski definition) is 1. The van der Waals surface area contributed by atoms with Crippen LogP contribution in [-0.2, 0) is 13.2 Å². The molecule has 1 aromatic heterocycles. The van der Waals surface area contributed by atoms with Crippen molar-refractivity contribution >= 4 is 39.3 Å². The van der Waals surface area contributed by atoms with Crippen molar-refractivity contribution in [1.29, 1.82) is 0 Å². The van der Waals surface area contributed by atoms with E-state index in [-0.39, 0.29) is 0 Å². The van der Waals surface area contributed by atoms with Crippen LogP contribution in [0.5, 0.6) is 5.75 Å². The van der Waals surface area contributed by atoms with E-state index in [0.29, 0.717) is 23.7 Å². The third kappa shape index (κ3) is 3.81. The minimum absolute atomic E-state index is 0.444. The molecule has 1 amide bonds. The van der Waals surface area contributed by atoms with Crippen LogP contribution in [0.3, 0.4) is 0 Å². The average molecular weight is 441 g/mol. The molecule has 5 aromatic rings. The van der Waals surface area contributed by atoms with Gasteiger partial charge in [0, 0.05) is 27.9 Å². The van der Waals surface area contributed by atoms with E-state index in [1.165, 1.54) is 0 Å². The lowest BCUT2D eigenvalue weighted by atomic mass is 10.1. The van der Waals surface area contributed by atoms with Gasteiger partial charge in [-0.3, -0.25) is 4.79 Å². The van der Waals surface area contributed by atoms with E-state index in [4.69, 9.17) is 22.1 Å². The Labute approximate surface area is 190 Å². The minimum Gasteiger partial charge on any atom is -0.489 e. The van der Waals surface area contributed by atoms with Crippen molar-refractivity contribution < 1.29 is 9.53 Å². The molecule has 0 spiro atoms. The molecule has 4 aromatic carbocycles. The second-order valence-electron chi connectivity index (χ2n) is 7.73. The van der Waals surface area contributed by atoms with Gasteiger partial charge in [0.15, 0.2) is 0 Å². The predicted octanol–water partition coefficient (Wildman–Crippen LogP) is 6.17. The Kier molecular flexibility index (Phi) is 5.29. The molecule has 0 saturated carbocycles. The third-order valence-corrected chi connectivity index (χ3v) is 5.84. The first-order chi connectivity index (χ1) is 15.6. The number of ether oxygens (including phenoxy) is 1. The molecular weight excluding hydrogens is 420 g/mol. The number of benzene rings is 4. The first kappa shape index (κ1) is 20.2. The normalized spacial score (nSPS) is 11.2. The summed E-state index contributed by atoms with van der Waals surface area (Å²) in [5.74, 6) is 0.365. The molecule has 32 heavy (non-hydrogen) atoms. The summed E-state index contributed by atoms with van der Waals surface area (Å²) >= 11 is 6.32. The summed E-state index contributed by atoms with van der Waals surface area (Å²) in [6.45, 7) is 1.11. The smallest absolute Gasteiger partial charge is 0.249 e. The molecule has 0 aliphatic heterocycles. The van der Waals surface area contributed by atoms with Crippen LogP contribution >= 0.6 is 11.6 Å². The molecule has 5 heteroatoms. The molecule has 0 atom stereocenters. The Balaban J connectivity index is 1.54. The third-order valence-electron chi connectivity index (χ3n) is 5.61. The first-order valence-corrected chi connectivity index (χ1v) is 10.7. The number of nitrogens with two attached hydrogens (primary N) is 1. The summed E-state index contributed by atoms with van der Waals surface area (Å²) in [6, 6.07) is 29.5. The monoisotopic (exact) mass is 440 g/mol. The number of primary amides is 1. The van der Waals surface area contributed by atoms with Crippen molar-refractivity contribution in [1.82, 2.24) is 4.57 Å². The molecule has 0 aliphatic carbocycles.